The number of aryl methyl sites for hydroxylation is 2. The van der Waals surface area contributed by atoms with Crippen LogP contribution in [0.1, 0.15) is 28.2 Å². The monoisotopic (exact) mass is 258 g/mol. The highest BCUT2D eigenvalue weighted by Crippen LogP contribution is 2.12. The minimum atomic E-state index is -0.235. The Morgan fingerprint density at radius 2 is 2.29 bits per heavy atom. The van der Waals surface area contributed by atoms with Crippen molar-refractivity contribution in [3.63, 3.8) is 0 Å². The Hall–Kier alpha value is -1.01. The Morgan fingerprint density at radius 3 is 2.76 bits per heavy atom. The maximum atomic E-state index is 12.0. The molecule has 1 rings (SSSR count). The van der Waals surface area contributed by atoms with E-state index in [0.717, 1.165) is 12.2 Å². The van der Waals surface area contributed by atoms with Crippen LogP contribution < -0.4 is 5.32 Å². The Bertz CT molecular complexity index is 359. The molecule has 2 N–H and O–H groups in total. The molecule has 0 fully saturated rings. The van der Waals surface area contributed by atoms with Crippen LogP contribution in [0.4, 0.5) is 0 Å². The number of rotatable bonds is 6. The summed E-state index contributed by atoms with van der Waals surface area (Å²) in [5.74, 6) is 1.16. The summed E-state index contributed by atoms with van der Waals surface area (Å²) in [4.78, 5) is 12.0. The first kappa shape index (κ1) is 14.1. The van der Waals surface area contributed by atoms with Crippen molar-refractivity contribution in [2.45, 2.75) is 26.3 Å². The number of aromatic nitrogens is 1. The molecule has 1 aromatic heterocycles. The van der Waals surface area contributed by atoms with E-state index < -0.39 is 0 Å². The van der Waals surface area contributed by atoms with E-state index in [0.29, 0.717) is 17.0 Å². The molecule has 0 unspecified atom stereocenters. The smallest absolute Gasteiger partial charge is 0.257 e. The fourth-order valence-electron chi connectivity index (χ4n) is 1.53. The van der Waals surface area contributed by atoms with Crippen LogP contribution in [0.2, 0.25) is 0 Å². The Labute approximate surface area is 105 Å². The molecule has 0 aliphatic heterocycles. The van der Waals surface area contributed by atoms with Gasteiger partial charge in [-0.1, -0.05) is 5.16 Å². The third-order valence-corrected chi connectivity index (χ3v) is 3.13. The molecule has 0 saturated heterocycles. The summed E-state index contributed by atoms with van der Waals surface area (Å²) >= 11 is 1.68. The number of nitrogens with zero attached hydrogens (tertiary/aromatic N) is 1. The predicted octanol–water partition coefficient (Wildman–Crippen LogP) is 1.14. The van der Waals surface area contributed by atoms with E-state index in [2.05, 4.69) is 10.5 Å². The standard InChI is InChI=1S/C11H18N2O3S/c1-7-10(8(2)16-13-7)11(15)12-9(6-14)4-5-17-3/h9,14H,4-6H2,1-3H3,(H,12,15)/t9-/m1/s1. The second-order valence-corrected chi connectivity index (χ2v) is 4.82. The maximum absolute atomic E-state index is 12.0. The third kappa shape index (κ3) is 3.74. The van der Waals surface area contributed by atoms with E-state index in [1.807, 2.05) is 6.26 Å². The van der Waals surface area contributed by atoms with Crippen LogP contribution >= 0.6 is 11.8 Å². The van der Waals surface area contributed by atoms with Gasteiger partial charge in [0.15, 0.2) is 0 Å². The van der Waals surface area contributed by atoms with Crippen LogP contribution in [-0.4, -0.2) is 40.8 Å². The Kier molecular flexibility index (Phi) is 5.50. The van der Waals surface area contributed by atoms with Crippen molar-refractivity contribution in [2.24, 2.45) is 0 Å². The van der Waals surface area contributed by atoms with E-state index in [4.69, 9.17) is 4.52 Å². The average molecular weight is 258 g/mol. The molecular formula is C11H18N2O3S. The zero-order chi connectivity index (χ0) is 12.8. The molecule has 1 aromatic rings. The third-order valence-electron chi connectivity index (χ3n) is 2.49. The van der Waals surface area contributed by atoms with Gasteiger partial charge in [0.25, 0.3) is 5.91 Å². The molecular weight excluding hydrogens is 240 g/mol. The van der Waals surface area contributed by atoms with Gasteiger partial charge in [0.1, 0.15) is 11.3 Å². The quantitative estimate of drug-likeness (QED) is 0.800. The fraction of sp³-hybridized carbons (Fsp3) is 0.636. The lowest BCUT2D eigenvalue weighted by Crippen LogP contribution is -2.38. The van der Waals surface area contributed by atoms with Gasteiger partial charge in [-0.3, -0.25) is 4.79 Å². The highest BCUT2D eigenvalue weighted by atomic mass is 32.2. The second kappa shape index (κ2) is 6.66. The van der Waals surface area contributed by atoms with E-state index in [9.17, 15) is 9.90 Å². The highest BCUT2D eigenvalue weighted by molar-refractivity contribution is 7.98. The summed E-state index contributed by atoms with van der Waals surface area (Å²) < 4.78 is 4.94. The topological polar surface area (TPSA) is 75.4 Å². The zero-order valence-corrected chi connectivity index (χ0v) is 11.1. The van der Waals surface area contributed by atoms with E-state index in [1.165, 1.54) is 0 Å². The number of carbonyl (C=O) groups excluding carboxylic acids is 1. The molecule has 0 bridgehead atoms. The molecule has 5 nitrogen and oxygen atoms in total. The van der Waals surface area contributed by atoms with Crippen LogP contribution in [0.5, 0.6) is 0 Å². The molecule has 0 spiro atoms. The lowest BCUT2D eigenvalue weighted by atomic mass is 10.1. The van der Waals surface area contributed by atoms with E-state index >= 15 is 0 Å². The van der Waals surface area contributed by atoms with Gasteiger partial charge in [-0.05, 0) is 32.3 Å². The summed E-state index contributed by atoms with van der Waals surface area (Å²) in [6.07, 6.45) is 2.73. The molecule has 0 aliphatic rings. The molecule has 17 heavy (non-hydrogen) atoms. The number of amides is 1. The van der Waals surface area contributed by atoms with Gasteiger partial charge >= 0.3 is 0 Å². The molecule has 1 heterocycles. The van der Waals surface area contributed by atoms with Gasteiger partial charge in [-0.25, -0.2) is 0 Å². The molecule has 96 valence electrons. The van der Waals surface area contributed by atoms with Crippen molar-refractivity contribution in [2.75, 3.05) is 18.6 Å². The molecule has 1 atom stereocenters. The van der Waals surface area contributed by atoms with Gasteiger partial charge in [0, 0.05) is 0 Å². The van der Waals surface area contributed by atoms with Gasteiger partial charge < -0.3 is 14.9 Å². The first-order valence-electron chi connectivity index (χ1n) is 5.43. The van der Waals surface area contributed by atoms with Crippen LogP contribution in [0, 0.1) is 13.8 Å². The van der Waals surface area contributed by atoms with Crippen molar-refractivity contribution < 1.29 is 14.4 Å². The number of nitrogens with one attached hydrogen (secondary N) is 1. The average Bonchev–Trinajstić information content (AvgIpc) is 2.64. The van der Waals surface area contributed by atoms with Crippen LogP contribution in [-0.2, 0) is 0 Å². The Morgan fingerprint density at radius 1 is 1.59 bits per heavy atom. The summed E-state index contributed by atoms with van der Waals surface area (Å²) in [6, 6.07) is -0.219. The van der Waals surface area contributed by atoms with Gasteiger partial charge in [-0.15, -0.1) is 0 Å². The zero-order valence-electron chi connectivity index (χ0n) is 10.3. The Balaban J connectivity index is 2.64. The van der Waals surface area contributed by atoms with E-state index in [-0.39, 0.29) is 18.6 Å². The van der Waals surface area contributed by atoms with Crippen molar-refractivity contribution in [1.29, 1.82) is 0 Å². The number of carbonyl (C=O) groups is 1. The second-order valence-electron chi connectivity index (χ2n) is 3.83. The van der Waals surface area contributed by atoms with Crippen molar-refractivity contribution in [3.05, 3.63) is 17.0 Å². The van der Waals surface area contributed by atoms with E-state index in [1.54, 1.807) is 25.6 Å². The molecule has 0 aromatic carbocycles. The fourth-order valence-corrected chi connectivity index (χ4v) is 2.05. The molecule has 0 saturated carbocycles. The summed E-state index contributed by atoms with van der Waals surface area (Å²) in [5.41, 5.74) is 1.04. The summed E-state index contributed by atoms with van der Waals surface area (Å²) in [6.45, 7) is 3.36. The SMILES string of the molecule is CSCC[C@H](CO)NC(=O)c1c(C)noc1C. The molecule has 6 heteroatoms. The predicted molar refractivity (Wildman–Crippen MR) is 67.3 cm³/mol. The lowest BCUT2D eigenvalue weighted by molar-refractivity contribution is 0.0913. The van der Waals surface area contributed by atoms with Gasteiger partial charge in [0.05, 0.1) is 18.3 Å². The number of hydrogen-bond acceptors (Lipinski definition) is 5. The normalized spacial score (nSPS) is 12.5. The maximum Gasteiger partial charge on any atom is 0.257 e. The largest absolute Gasteiger partial charge is 0.394 e. The molecule has 0 radical (unpaired) electrons. The first-order valence-corrected chi connectivity index (χ1v) is 6.83. The minimum absolute atomic E-state index is 0.0598. The van der Waals surface area contributed by atoms with Crippen molar-refractivity contribution in [3.8, 4) is 0 Å². The first-order chi connectivity index (χ1) is 8.10. The number of hydrogen-bond donors (Lipinski definition) is 2. The van der Waals surface area contributed by atoms with Crippen LogP contribution in [0.25, 0.3) is 0 Å². The highest BCUT2D eigenvalue weighted by Gasteiger charge is 2.20. The minimum Gasteiger partial charge on any atom is -0.394 e. The summed E-state index contributed by atoms with van der Waals surface area (Å²) in [7, 11) is 0. The van der Waals surface area contributed by atoms with Crippen LogP contribution in [0.15, 0.2) is 4.52 Å². The molecule has 1 amide bonds. The number of aliphatic hydroxyl groups excluding tert-OH is 1. The molecule has 0 aliphatic carbocycles. The van der Waals surface area contributed by atoms with Crippen molar-refractivity contribution >= 4 is 17.7 Å². The number of aliphatic hydroxyl groups is 1. The number of thioether (sulfide) groups is 1. The van der Waals surface area contributed by atoms with Crippen molar-refractivity contribution in [1.82, 2.24) is 10.5 Å². The van der Waals surface area contributed by atoms with Gasteiger partial charge in [-0.2, -0.15) is 11.8 Å². The summed E-state index contributed by atoms with van der Waals surface area (Å²) in [5, 5.41) is 15.7. The van der Waals surface area contributed by atoms with Gasteiger partial charge in [0.2, 0.25) is 0 Å². The van der Waals surface area contributed by atoms with Crippen LogP contribution in [0.3, 0.4) is 0 Å². The lowest BCUT2D eigenvalue weighted by Gasteiger charge is -2.15.